The molecule has 1 aromatic heterocycles. The Labute approximate surface area is 162 Å². The van der Waals surface area contributed by atoms with E-state index in [9.17, 15) is 34.5 Å². The predicted octanol–water partition coefficient (Wildman–Crippen LogP) is -2.27. The van der Waals surface area contributed by atoms with Gasteiger partial charge in [0.1, 0.15) is 24.9 Å². The molecular formula is C9H16N2O15P3+. The number of hydrogen-bond acceptors (Lipinski definition) is 15. The molecule has 1 saturated heterocycles. The number of hydrogen-bond donors (Lipinski definition) is 8. The molecule has 17 nitrogen and oxygen atoms in total. The molecule has 166 valence electrons. The summed E-state index contributed by atoms with van der Waals surface area (Å²) in [7, 11) is -10.9. The molecule has 0 aromatic carbocycles. The summed E-state index contributed by atoms with van der Waals surface area (Å²) >= 11 is 0. The zero-order valence-electron chi connectivity index (χ0n) is 13.9. The number of aromatic amines is 1. The summed E-state index contributed by atoms with van der Waals surface area (Å²) in [5.74, 6) is 0. The molecule has 0 bridgehead atoms. The summed E-state index contributed by atoms with van der Waals surface area (Å²) in [5, 5.41) is 28.0. The predicted molar refractivity (Wildman–Crippen MR) is 89.8 cm³/mol. The number of nitrogens with one attached hydrogen (secondary N) is 1. The molecule has 29 heavy (non-hydrogen) atoms. The van der Waals surface area contributed by atoms with Crippen LogP contribution < -0.4 is 11.2 Å². The third-order valence-corrected chi connectivity index (χ3v) is 5.83. The maximum absolute atomic E-state index is 11.8. The fourth-order valence-corrected chi connectivity index (χ4v) is 3.94. The van der Waals surface area contributed by atoms with E-state index in [1.165, 1.54) is 0 Å². The van der Waals surface area contributed by atoms with Crippen molar-refractivity contribution in [3.05, 3.63) is 33.1 Å². The van der Waals surface area contributed by atoms with Crippen LogP contribution in [-0.4, -0.2) is 69.5 Å². The highest BCUT2D eigenvalue weighted by Crippen LogP contribution is 2.62. The van der Waals surface area contributed by atoms with Crippen LogP contribution in [0.4, 0.5) is 0 Å². The van der Waals surface area contributed by atoms with Crippen LogP contribution in [0.3, 0.4) is 0 Å². The maximum atomic E-state index is 11.8. The van der Waals surface area contributed by atoms with Crippen LogP contribution in [0.1, 0.15) is 6.23 Å². The van der Waals surface area contributed by atoms with Crippen LogP contribution in [-0.2, 0) is 27.6 Å². The van der Waals surface area contributed by atoms with Crippen molar-refractivity contribution in [2.75, 3.05) is 6.61 Å². The molecular weight excluding hydrogens is 469 g/mol. The van der Waals surface area contributed by atoms with Gasteiger partial charge in [-0.3, -0.25) is 14.3 Å². The second kappa shape index (κ2) is 10.7. The van der Waals surface area contributed by atoms with Gasteiger partial charge in [0.2, 0.25) is 0 Å². The zero-order valence-corrected chi connectivity index (χ0v) is 16.5. The van der Waals surface area contributed by atoms with E-state index in [2.05, 4.69) is 22.9 Å². The number of ether oxygens (including phenoxy) is 1. The highest BCUT2D eigenvalue weighted by molar-refractivity contribution is 7.62. The molecule has 20 heteroatoms. The molecule has 8 N–H and O–H groups in total. The first-order valence-corrected chi connectivity index (χ1v) is 11.0. The van der Waals surface area contributed by atoms with Gasteiger partial charge in [-0.15, -0.1) is 9.35 Å². The third-order valence-electron chi connectivity index (χ3n) is 3.28. The minimum absolute atomic E-state index is 0.697. The van der Waals surface area contributed by atoms with Crippen molar-refractivity contribution in [3.8, 4) is 0 Å². The first-order valence-electron chi connectivity index (χ1n) is 7.20. The van der Waals surface area contributed by atoms with E-state index in [0.29, 0.717) is 0 Å². The second-order valence-corrected chi connectivity index (χ2v) is 8.44. The van der Waals surface area contributed by atoms with Crippen LogP contribution in [0.15, 0.2) is 21.9 Å². The summed E-state index contributed by atoms with van der Waals surface area (Å²) in [6.45, 7) is -0.788. The standard InChI is InChI=1S/C9H15N2O15P3/c12-5-1-2-11(9(15)10-5)8-7(14)6(13)4(22-8)3-21-29(19,20)26-28(18)25-24-27(17)23-16/h1-2,4,6-8,13-14,17-20H,3H2,(H-,10,12,15,16)/p+1. The molecule has 2 heterocycles. The molecule has 6 atom stereocenters. The SMILES string of the molecule is O=c1ccn(C2OC(CO[P+](O)(O)OP(O)OOP(O)OO)C(O)C2O)c(=O)[nH]1. The first-order chi connectivity index (χ1) is 13.5. The van der Waals surface area contributed by atoms with Gasteiger partial charge in [-0.05, 0) is 0 Å². The van der Waals surface area contributed by atoms with Gasteiger partial charge in [0.15, 0.2) is 6.23 Å². The van der Waals surface area contributed by atoms with E-state index in [1.807, 2.05) is 4.98 Å². The fourth-order valence-electron chi connectivity index (χ4n) is 2.09. The largest absolute Gasteiger partial charge is 0.578 e. The van der Waals surface area contributed by atoms with Gasteiger partial charge in [0, 0.05) is 12.3 Å². The number of aromatic nitrogens is 2. The molecule has 1 aromatic rings. The number of H-pyrrole nitrogens is 1. The number of nitrogens with zero attached hydrogens (tertiary/aromatic N) is 1. The van der Waals surface area contributed by atoms with E-state index in [4.69, 9.17) is 14.9 Å². The summed E-state index contributed by atoms with van der Waals surface area (Å²) in [6, 6.07) is 0.977. The summed E-state index contributed by atoms with van der Waals surface area (Å²) in [5.41, 5.74) is -1.62. The number of aliphatic hydroxyl groups is 2. The van der Waals surface area contributed by atoms with Crippen molar-refractivity contribution in [2.45, 2.75) is 24.5 Å². The minimum atomic E-state index is -4.77. The molecule has 6 unspecified atom stereocenters. The lowest BCUT2D eigenvalue weighted by Crippen LogP contribution is -2.37. The van der Waals surface area contributed by atoms with Gasteiger partial charge in [-0.25, -0.2) is 10.1 Å². The smallest absolute Gasteiger partial charge is 0.387 e. The van der Waals surface area contributed by atoms with Gasteiger partial charge >= 0.3 is 31.1 Å². The molecule has 0 spiro atoms. The van der Waals surface area contributed by atoms with Crippen molar-refractivity contribution >= 4 is 25.4 Å². The fraction of sp³-hybridized carbons (Fsp3) is 0.556. The van der Waals surface area contributed by atoms with E-state index in [0.717, 1.165) is 16.8 Å². The van der Waals surface area contributed by atoms with E-state index >= 15 is 0 Å². The van der Waals surface area contributed by atoms with Crippen molar-refractivity contribution < 1.29 is 62.6 Å². The highest BCUT2D eigenvalue weighted by Gasteiger charge is 2.50. The molecule has 0 saturated carbocycles. The average molecular weight is 485 g/mol. The Morgan fingerprint density at radius 3 is 2.45 bits per heavy atom. The lowest BCUT2D eigenvalue weighted by molar-refractivity contribution is -0.195. The lowest BCUT2D eigenvalue weighted by atomic mass is 10.1. The van der Waals surface area contributed by atoms with Gasteiger partial charge in [0.05, 0.1) is 0 Å². The van der Waals surface area contributed by atoms with Crippen molar-refractivity contribution in [3.63, 3.8) is 0 Å². The second-order valence-electron chi connectivity index (χ2n) is 5.14. The molecule has 0 radical (unpaired) electrons. The zero-order chi connectivity index (χ0) is 21.8. The minimum Gasteiger partial charge on any atom is -0.387 e. The van der Waals surface area contributed by atoms with Crippen LogP contribution in [0.5, 0.6) is 0 Å². The summed E-state index contributed by atoms with van der Waals surface area (Å²) in [6.07, 6.45) is -5.08. The summed E-state index contributed by atoms with van der Waals surface area (Å²) in [4.78, 5) is 61.9. The van der Waals surface area contributed by atoms with Crippen LogP contribution in [0.2, 0.25) is 0 Å². The van der Waals surface area contributed by atoms with Crippen molar-refractivity contribution in [2.24, 2.45) is 0 Å². The highest BCUT2D eigenvalue weighted by atomic mass is 31.3. The van der Waals surface area contributed by atoms with E-state index in [-0.39, 0.29) is 0 Å². The van der Waals surface area contributed by atoms with E-state index < -0.39 is 67.8 Å². The number of aliphatic hydroxyl groups excluding tert-OH is 2. The Morgan fingerprint density at radius 2 is 1.83 bits per heavy atom. The van der Waals surface area contributed by atoms with Crippen molar-refractivity contribution in [1.29, 1.82) is 0 Å². The molecule has 2 rings (SSSR count). The van der Waals surface area contributed by atoms with Gasteiger partial charge < -0.3 is 24.7 Å². The Kier molecular flexibility index (Phi) is 9.08. The molecule has 0 amide bonds. The third kappa shape index (κ3) is 6.99. The quantitative estimate of drug-likeness (QED) is 0.0988. The van der Waals surface area contributed by atoms with Gasteiger partial charge in [0.25, 0.3) is 5.56 Å². The average Bonchev–Trinajstić information content (AvgIpc) is 2.92. The van der Waals surface area contributed by atoms with Crippen LogP contribution in [0.25, 0.3) is 0 Å². The Bertz CT molecular complexity index is 774. The van der Waals surface area contributed by atoms with Crippen LogP contribution >= 0.6 is 25.4 Å². The normalized spacial score (nSPS) is 27.1. The van der Waals surface area contributed by atoms with Crippen molar-refractivity contribution in [1.82, 2.24) is 9.55 Å². The number of rotatable bonds is 10. The maximum Gasteiger partial charge on any atom is 0.578 e. The monoisotopic (exact) mass is 485 g/mol. The molecule has 1 aliphatic heterocycles. The Hall–Kier alpha value is -0.550. The lowest BCUT2D eigenvalue weighted by Gasteiger charge is -2.16. The topological polar surface area (TPSA) is 252 Å². The summed E-state index contributed by atoms with van der Waals surface area (Å²) < 4.78 is 26.0. The van der Waals surface area contributed by atoms with Crippen LogP contribution in [0, 0.1) is 0 Å². The molecule has 1 fully saturated rings. The van der Waals surface area contributed by atoms with Gasteiger partial charge in [-0.1, -0.05) is 4.31 Å². The Balaban J connectivity index is 1.92. The Morgan fingerprint density at radius 1 is 1.17 bits per heavy atom. The first kappa shape index (κ1) is 24.7. The van der Waals surface area contributed by atoms with Gasteiger partial charge in [-0.2, -0.15) is 19.0 Å². The molecule has 0 aliphatic carbocycles. The molecule has 1 aliphatic rings. The van der Waals surface area contributed by atoms with E-state index in [1.54, 1.807) is 0 Å².